The van der Waals surface area contributed by atoms with Crippen LogP contribution in [0.4, 0.5) is 5.69 Å². The minimum Gasteiger partial charge on any atom is -0.480 e. The van der Waals surface area contributed by atoms with E-state index in [0.717, 1.165) is 6.07 Å². The van der Waals surface area contributed by atoms with Gasteiger partial charge in [-0.2, -0.15) is 4.72 Å². The van der Waals surface area contributed by atoms with Crippen LogP contribution in [0, 0.1) is 16.0 Å². The molecular weight excluding hydrogens is 332 g/mol. The summed E-state index contributed by atoms with van der Waals surface area (Å²) >= 11 is 6.07. The lowest BCUT2D eigenvalue weighted by molar-refractivity contribution is -0.384. The number of thiophene rings is 1. The molecule has 112 valence electrons. The lowest BCUT2D eigenvalue weighted by Crippen LogP contribution is -2.43. The Kier molecular flexibility index (Phi) is 5.08. The van der Waals surface area contributed by atoms with Crippen LogP contribution in [-0.2, 0) is 14.8 Å². The highest BCUT2D eigenvalue weighted by Gasteiger charge is 2.31. The van der Waals surface area contributed by atoms with E-state index in [1.54, 1.807) is 0 Å². The number of carboxylic acid groups (broad SMARTS) is 1. The average Bonchev–Trinajstić information content (AvgIpc) is 2.68. The van der Waals surface area contributed by atoms with E-state index in [9.17, 15) is 23.3 Å². The minimum atomic E-state index is -4.19. The summed E-state index contributed by atoms with van der Waals surface area (Å²) in [6.07, 6.45) is 0. The number of hydrogen-bond donors (Lipinski definition) is 2. The van der Waals surface area contributed by atoms with Crippen LogP contribution < -0.4 is 4.72 Å². The second-order valence-electron chi connectivity index (χ2n) is 4.16. The van der Waals surface area contributed by atoms with Crippen molar-refractivity contribution >= 4 is 44.6 Å². The van der Waals surface area contributed by atoms with Gasteiger partial charge < -0.3 is 5.11 Å². The molecule has 20 heavy (non-hydrogen) atoms. The molecule has 0 aliphatic carbocycles. The van der Waals surface area contributed by atoms with Crippen LogP contribution in [0.2, 0.25) is 4.34 Å². The van der Waals surface area contributed by atoms with Gasteiger partial charge in [-0.05, 0) is 5.92 Å². The van der Waals surface area contributed by atoms with Crippen LogP contribution in [-0.4, -0.2) is 30.5 Å². The highest BCUT2D eigenvalue weighted by atomic mass is 35.5. The monoisotopic (exact) mass is 342 g/mol. The summed E-state index contributed by atoms with van der Waals surface area (Å²) in [7, 11) is -4.19. The van der Waals surface area contributed by atoms with Gasteiger partial charge in [0.2, 0.25) is 0 Å². The zero-order valence-corrected chi connectivity index (χ0v) is 12.8. The maximum Gasteiger partial charge on any atom is 0.322 e. The number of nitro groups is 1. The Balaban J connectivity index is 3.14. The lowest BCUT2D eigenvalue weighted by Gasteiger charge is -2.16. The fourth-order valence-corrected chi connectivity index (χ4v) is 4.31. The first kappa shape index (κ1) is 16.8. The molecule has 1 rings (SSSR count). The molecule has 1 atom stereocenters. The van der Waals surface area contributed by atoms with Gasteiger partial charge in [-0.1, -0.05) is 25.4 Å². The number of hydrogen-bond acceptors (Lipinski definition) is 6. The molecule has 0 bridgehead atoms. The molecule has 0 fully saturated rings. The molecule has 1 aromatic rings. The van der Waals surface area contributed by atoms with Crippen molar-refractivity contribution in [2.45, 2.75) is 24.1 Å². The summed E-state index contributed by atoms with van der Waals surface area (Å²) in [6, 6.07) is -0.533. The van der Waals surface area contributed by atoms with E-state index in [2.05, 4.69) is 0 Å². The number of carboxylic acids is 1. The third-order valence-electron chi connectivity index (χ3n) is 2.32. The molecule has 0 saturated heterocycles. The first-order valence-electron chi connectivity index (χ1n) is 5.25. The third-order valence-corrected chi connectivity index (χ3v) is 5.58. The third kappa shape index (κ3) is 3.66. The molecule has 0 aliphatic rings. The summed E-state index contributed by atoms with van der Waals surface area (Å²) in [5, 5.41) is 19.6. The topological polar surface area (TPSA) is 127 Å². The van der Waals surface area contributed by atoms with Crippen LogP contribution in [0.5, 0.6) is 0 Å². The van der Waals surface area contributed by atoms with Crippen molar-refractivity contribution in [3.63, 3.8) is 0 Å². The van der Waals surface area contributed by atoms with Gasteiger partial charge in [0.1, 0.15) is 10.3 Å². The van der Waals surface area contributed by atoms with Crippen molar-refractivity contribution in [1.82, 2.24) is 4.72 Å². The predicted octanol–water partition coefficient (Wildman–Crippen LogP) is 1.70. The van der Waals surface area contributed by atoms with E-state index < -0.39 is 42.8 Å². The molecule has 0 aromatic carbocycles. The number of halogens is 1. The molecule has 8 nitrogen and oxygen atoms in total. The SMILES string of the molecule is CC(C)C(NS(=O)(=O)c1cc([N+](=O)[O-])c(Cl)s1)C(=O)O. The number of carbonyl (C=O) groups is 1. The lowest BCUT2D eigenvalue weighted by atomic mass is 10.1. The largest absolute Gasteiger partial charge is 0.480 e. The number of rotatable bonds is 6. The van der Waals surface area contributed by atoms with E-state index in [-0.39, 0.29) is 4.34 Å². The molecule has 0 amide bonds. The maximum atomic E-state index is 12.0. The van der Waals surface area contributed by atoms with E-state index in [0.29, 0.717) is 11.3 Å². The summed E-state index contributed by atoms with van der Waals surface area (Å²) in [5.41, 5.74) is -0.534. The minimum absolute atomic E-state index is 0.285. The molecule has 0 saturated carbocycles. The zero-order valence-electron chi connectivity index (χ0n) is 10.4. The van der Waals surface area contributed by atoms with Crippen LogP contribution in [0.25, 0.3) is 0 Å². The Bertz CT molecular complexity index is 639. The Morgan fingerprint density at radius 2 is 2.10 bits per heavy atom. The van der Waals surface area contributed by atoms with Gasteiger partial charge in [0.15, 0.2) is 4.34 Å². The van der Waals surface area contributed by atoms with Crippen molar-refractivity contribution in [3.05, 3.63) is 20.5 Å². The Hall–Kier alpha value is -1.23. The molecule has 0 spiro atoms. The highest BCUT2D eigenvalue weighted by molar-refractivity contribution is 7.91. The van der Waals surface area contributed by atoms with E-state index in [1.165, 1.54) is 13.8 Å². The normalized spacial score (nSPS) is 13.4. The van der Waals surface area contributed by atoms with Gasteiger partial charge in [0.05, 0.1) is 4.92 Å². The van der Waals surface area contributed by atoms with Gasteiger partial charge in [-0.25, -0.2) is 8.42 Å². The van der Waals surface area contributed by atoms with Gasteiger partial charge in [-0.15, -0.1) is 11.3 Å². The molecule has 2 N–H and O–H groups in total. The second kappa shape index (κ2) is 6.04. The quantitative estimate of drug-likeness (QED) is 0.598. The molecule has 1 heterocycles. The van der Waals surface area contributed by atoms with Gasteiger partial charge in [0.25, 0.3) is 15.7 Å². The fraction of sp³-hybridized carbons (Fsp3) is 0.444. The standard InChI is InChI=1S/C9H11ClN2O6S2/c1-4(2)7(9(13)14)11-20(17,18)6-3-5(12(15)16)8(10)19-6/h3-4,7,11H,1-2H3,(H,13,14). The van der Waals surface area contributed by atoms with Crippen molar-refractivity contribution in [2.75, 3.05) is 0 Å². The van der Waals surface area contributed by atoms with Crippen molar-refractivity contribution < 1.29 is 23.2 Å². The molecule has 11 heteroatoms. The van der Waals surface area contributed by atoms with Crippen LogP contribution in [0.15, 0.2) is 10.3 Å². The Morgan fingerprint density at radius 1 is 1.55 bits per heavy atom. The van der Waals surface area contributed by atoms with Crippen molar-refractivity contribution in [3.8, 4) is 0 Å². The number of sulfonamides is 1. The summed E-state index contributed by atoms with van der Waals surface area (Å²) in [6.45, 7) is 3.07. The summed E-state index contributed by atoms with van der Waals surface area (Å²) < 4.78 is 25.3. The average molecular weight is 343 g/mol. The van der Waals surface area contributed by atoms with Crippen LogP contribution >= 0.6 is 22.9 Å². The van der Waals surface area contributed by atoms with Crippen LogP contribution in [0.1, 0.15) is 13.8 Å². The van der Waals surface area contributed by atoms with E-state index >= 15 is 0 Å². The van der Waals surface area contributed by atoms with E-state index in [4.69, 9.17) is 16.7 Å². The smallest absolute Gasteiger partial charge is 0.322 e. The number of aliphatic carboxylic acids is 1. The number of nitrogens with zero attached hydrogens (tertiary/aromatic N) is 1. The maximum absolute atomic E-state index is 12.0. The molecule has 1 unspecified atom stereocenters. The van der Waals surface area contributed by atoms with Crippen molar-refractivity contribution in [1.29, 1.82) is 0 Å². The Labute approximate surface area is 123 Å². The predicted molar refractivity (Wildman–Crippen MR) is 72.6 cm³/mol. The highest BCUT2D eigenvalue weighted by Crippen LogP contribution is 2.36. The molecule has 0 radical (unpaired) electrons. The first-order chi connectivity index (χ1) is 9.06. The van der Waals surface area contributed by atoms with E-state index in [1.807, 2.05) is 4.72 Å². The zero-order chi connectivity index (χ0) is 15.7. The Morgan fingerprint density at radius 3 is 2.45 bits per heavy atom. The van der Waals surface area contributed by atoms with Gasteiger partial charge in [-0.3, -0.25) is 14.9 Å². The molecular formula is C9H11ClN2O6S2. The first-order valence-corrected chi connectivity index (χ1v) is 7.93. The van der Waals surface area contributed by atoms with Gasteiger partial charge >= 0.3 is 5.97 Å². The number of nitrogens with one attached hydrogen (secondary N) is 1. The summed E-state index contributed by atoms with van der Waals surface area (Å²) in [4.78, 5) is 20.8. The second-order valence-corrected chi connectivity index (χ2v) is 7.76. The summed E-state index contributed by atoms with van der Waals surface area (Å²) in [5.74, 6) is -1.83. The fourth-order valence-electron chi connectivity index (χ4n) is 1.29. The van der Waals surface area contributed by atoms with Gasteiger partial charge in [0, 0.05) is 6.07 Å². The van der Waals surface area contributed by atoms with Crippen molar-refractivity contribution in [2.24, 2.45) is 5.92 Å². The molecule has 0 aliphatic heterocycles. The molecule has 1 aromatic heterocycles. The van der Waals surface area contributed by atoms with Crippen LogP contribution in [0.3, 0.4) is 0 Å².